The molecule has 1 N–H and O–H groups in total. The fourth-order valence-electron chi connectivity index (χ4n) is 3.04. The molecule has 26 heavy (non-hydrogen) atoms. The van der Waals surface area contributed by atoms with Crippen LogP contribution in [0.4, 0.5) is 14.6 Å². The van der Waals surface area contributed by atoms with Gasteiger partial charge in [-0.25, -0.2) is 8.78 Å². The Bertz CT molecular complexity index is 754. The summed E-state index contributed by atoms with van der Waals surface area (Å²) in [5, 5.41) is 11.6. The van der Waals surface area contributed by atoms with Gasteiger partial charge in [0, 0.05) is 31.7 Å². The second-order valence-corrected chi connectivity index (χ2v) is 6.64. The summed E-state index contributed by atoms with van der Waals surface area (Å²) in [5.41, 5.74) is 0.775. The van der Waals surface area contributed by atoms with Gasteiger partial charge < -0.3 is 10.1 Å². The first-order valence-electron chi connectivity index (χ1n) is 8.64. The molecule has 2 heterocycles. The quantitative estimate of drug-likeness (QED) is 0.821. The van der Waals surface area contributed by atoms with Gasteiger partial charge in [-0.2, -0.15) is 0 Å². The van der Waals surface area contributed by atoms with Crippen molar-refractivity contribution in [1.82, 2.24) is 15.1 Å². The third-order valence-electron chi connectivity index (χ3n) is 4.35. The van der Waals surface area contributed by atoms with Crippen molar-refractivity contribution < 1.29 is 13.5 Å². The van der Waals surface area contributed by atoms with Crippen molar-refractivity contribution in [2.24, 2.45) is 0 Å². The second kappa shape index (κ2) is 8.60. The van der Waals surface area contributed by atoms with Gasteiger partial charge in [0.15, 0.2) is 28.4 Å². The summed E-state index contributed by atoms with van der Waals surface area (Å²) in [7, 11) is 0. The van der Waals surface area contributed by atoms with Gasteiger partial charge in [0.1, 0.15) is 0 Å². The smallest absolute Gasteiger partial charge is 0.191 e. The highest BCUT2D eigenvalue weighted by atomic mass is 35.5. The van der Waals surface area contributed by atoms with E-state index in [-0.39, 0.29) is 6.04 Å². The Labute approximate surface area is 156 Å². The number of benzene rings is 1. The Balaban J connectivity index is 1.54. The number of ether oxygens (including phenoxy) is 1. The lowest BCUT2D eigenvalue weighted by Gasteiger charge is -2.32. The van der Waals surface area contributed by atoms with E-state index >= 15 is 0 Å². The van der Waals surface area contributed by atoms with Crippen molar-refractivity contribution >= 4 is 17.4 Å². The first-order valence-corrected chi connectivity index (χ1v) is 9.01. The summed E-state index contributed by atoms with van der Waals surface area (Å²) in [6.07, 6.45) is 1.80. The molecule has 5 nitrogen and oxygen atoms in total. The van der Waals surface area contributed by atoms with Crippen molar-refractivity contribution in [1.29, 1.82) is 0 Å². The average Bonchev–Trinajstić information content (AvgIpc) is 2.62. The van der Waals surface area contributed by atoms with Crippen molar-refractivity contribution in [3.8, 4) is 5.75 Å². The molecular weight excluding hydrogens is 362 g/mol. The van der Waals surface area contributed by atoms with Crippen LogP contribution in [0.5, 0.6) is 5.75 Å². The van der Waals surface area contributed by atoms with E-state index in [1.54, 1.807) is 12.1 Å². The van der Waals surface area contributed by atoms with E-state index in [0.29, 0.717) is 29.9 Å². The molecule has 2 aromatic rings. The van der Waals surface area contributed by atoms with Crippen molar-refractivity contribution in [2.45, 2.75) is 32.4 Å². The van der Waals surface area contributed by atoms with Crippen LogP contribution in [0.3, 0.4) is 0 Å². The molecule has 1 aromatic heterocycles. The molecule has 0 radical (unpaired) electrons. The number of anilines is 1. The maximum Gasteiger partial charge on any atom is 0.191 e. The Morgan fingerprint density at radius 1 is 1.19 bits per heavy atom. The highest BCUT2D eigenvalue weighted by Crippen LogP contribution is 2.26. The fraction of sp³-hybridized carbons (Fsp3) is 0.444. The lowest BCUT2D eigenvalue weighted by atomic mass is 10.0. The molecular formula is C18H21ClF2N4O. The third kappa shape index (κ3) is 4.80. The van der Waals surface area contributed by atoms with E-state index in [9.17, 15) is 8.78 Å². The summed E-state index contributed by atoms with van der Waals surface area (Å²) in [4.78, 5) is 2.22. The molecule has 1 aliphatic rings. The van der Waals surface area contributed by atoms with Gasteiger partial charge in [-0.15, -0.1) is 10.2 Å². The van der Waals surface area contributed by atoms with Crippen LogP contribution in [0.15, 0.2) is 24.3 Å². The molecule has 140 valence electrons. The summed E-state index contributed by atoms with van der Waals surface area (Å²) in [6.45, 7) is 4.72. The molecule has 1 aromatic carbocycles. The zero-order valence-electron chi connectivity index (χ0n) is 14.5. The Morgan fingerprint density at radius 2 is 1.96 bits per heavy atom. The summed E-state index contributed by atoms with van der Waals surface area (Å²) in [6, 6.07) is 5.95. The molecule has 1 saturated heterocycles. The number of nitrogens with one attached hydrogen (secondary N) is 1. The van der Waals surface area contributed by atoms with Crippen LogP contribution in [0.2, 0.25) is 5.15 Å². The zero-order valence-corrected chi connectivity index (χ0v) is 15.3. The van der Waals surface area contributed by atoms with Crippen LogP contribution in [-0.4, -0.2) is 40.8 Å². The molecule has 1 aliphatic heterocycles. The number of piperidine rings is 1. The van der Waals surface area contributed by atoms with E-state index in [4.69, 9.17) is 16.3 Å². The Morgan fingerprint density at radius 3 is 2.65 bits per heavy atom. The number of hydrogen-bond acceptors (Lipinski definition) is 5. The lowest BCUT2D eigenvalue weighted by Crippen LogP contribution is -2.38. The first-order chi connectivity index (χ1) is 12.5. The van der Waals surface area contributed by atoms with E-state index in [1.165, 1.54) is 12.1 Å². The fourth-order valence-corrected chi connectivity index (χ4v) is 3.18. The van der Waals surface area contributed by atoms with Gasteiger partial charge in [0.25, 0.3) is 0 Å². The molecule has 0 spiro atoms. The Kier molecular flexibility index (Phi) is 6.21. The monoisotopic (exact) mass is 382 g/mol. The van der Waals surface area contributed by atoms with E-state index in [1.807, 2.05) is 6.92 Å². The summed E-state index contributed by atoms with van der Waals surface area (Å²) in [5.74, 6) is -0.429. The lowest BCUT2D eigenvalue weighted by molar-refractivity contribution is 0.210. The molecule has 0 atom stereocenters. The molecule has 0 bridgehead atoms. The van der Waals surface area contributed by atoms with Gasteiger partial charge in [0.05, 0.1) is 6.61 Å². The number of nitrogens with zero attached hydrogens (tertiary/aromatic N) is 3. The minimum atomic E-state index is -0.814. The third-order valence-corrected chi connectivity index (χ3v) is 4.53. The molecule has 1 fully saturated rings. The van der Waals surface area contributed by atoms with Crippen LogP contribution < -0.4 is 10.1 Å². The molecule has 8 heteroatoms. The van der Waals surface area contributed by atoms with E-state index in [2.05, 4.69) is 20.4 Å². The number of rotatable bonds is 6. The van der Waals surface area contributed by atoms with Gasteiger partial charge in [-0.05, 0) is 37.5 Å². The number of halogens is 3. The zero-order chi connectivity index (χ0) is 18.5. The molecule has 0 unspecified atom stereocenters. The van der Waals surface area contributed by atoms with Gasteiger partial charge >= 0.3 is 0 Å². The maximum atomic E-state index is 13.3. The average molecular weight is 383 g/mol. The number of likely N-dealkylation sites (tertiary alicyclic amines) is 1. The topological polar surface area (TPSA) is 50.3 Å². The van der Waals surface area contributed by atoms with E-state index in [0.717, 1.165) is 31.5 Å². The normalized spacial score (nSPS) is 15.8. The van der Waals surface area contributed by atoms with Crippen LogP contribution in [0, 0.1) is 11.6 Å². The van der Waals surface area contributed by atoms with Crippen molar-refractivity contribution in [3.05, 3.63) is 46.6 Å². The standard InChI is InChI=1S/C18H21ClF2N4O/c1-2-26-16-10-17(19)23-24-18(16)22-13-5-7-25(8-6-13)11-12-3-4-14(20)15(21)9-12/h3-4,9-10,13H,2,5-8,11H2,1H3,(H,22,24). The van der Waals surface area contributed by atoms with Crippen molar-refractivity contribution in [2.75, 3.05) is 25.0 Å². The largest absolute Gasteiger partial charge is 0.490 e. The number of hydrogen-bond donors (Lipinski definition) is 1. The summed E-state index contributed by atoms with van der Waals surface area (Å²) < 4.78 is 31.9. The van der Waals surface area contributed by atoms with Gasteiger partial charge in [-0.1, -0.05) is 17.7 Å². The second-order valence-electron chi connectivity index (χ2n) is 6.26. The van der Waals surface area contributed by atoms with Crippen LogP contribution in [0.25, 0.3) is 0 Å². The SMILES string of the molecule is CCOc1cc(Cl)nnc1NC1CCN(Cc2ccc(F)c(F)c2)CC1. The van der Waals surface area contributed by atoms with E-state index < -0.39 is 11.6 Å². The van der Waals surface area contributed by atoms with Gasteiger partial charge in [0.2, 0.25) is 0 Å². The minimum absolute atomic E-state index is 0.242. The maximum absolute atomic E-state index is 13.3. The highest BCUT2D eigenvalue weighted by Gasteiger charge is 2.21. The predicted octanol–water partition coefficient (Wildman–Crippen LogP) is 3.88. The number of aromatic nitrogens is 2. The Hall–Kier alpha value is -1.99. The summed E-state index contributed by atoms with van der Waals surface area (Å²) >= 11 is 5.87. The van der Waals surface area contributed by atoms with Crippen LogP contribution in [-0.2, 0) is 6.54 Å². The van der Waals surface area contributed by atoms with Crippen LogP contribution in [0.1, 0.15) is 25.3 Å². The van der Waals surface area contributed by atoms with Gasteiger partial charge in [-0.3, -0.25) is 4.90 Å². The molecule has 3 rings (SSSR count). The highest BCUT2D eigenvalue weighted by molar-refractivity contribution is 6.29. The van der Waals surface area contributed by atoms with Crippen LogP contribution >= 0.6 is 11.6 Å². The predicted molar refractivity (Wildman–Crippen MR) is 96.5 cm³/mol. The van der Waals surface area contributed by atoms with Crippen molar-refractivity contribution in [3.63, 3.8) is 0 Å². The minimum Gasteiger partial charge on any atom is -0.490 e. The first kappa shape index (κ1) is 18.8. The molecule has 0 amide bonds. The molecule has 0 aliphatic carbocycles. The molecule has 0 saturated carbocycles.